The highest BCUT2D eigenvalue weighted by atomic mass is 16.4. The second kappa shape index (κ2) is 5.58. The molecule has 1 saturated heterocycles. The molecule has 1 aliphatic rings. The van der Waals surface area contributed by atoms with Gasteiger partial charge in [-0.15, -0.1) is 6.42 Å². The van der Waals surface area contributed by atoms with Crippen LogP contribution in [0, 0.1) is 18.3 Å². The van der Waals surface area contributed by atoms with Crippen LogP contribution < -0.4 is 5.32 Å². The fourth-order valence-electron chi connectivity index (χ4n) is 2.04. The molecule has 1 aliphatic heterocycles. The number of nitrogens with one attached hydrogen (secondary N) is 1. The van der Waals surface area contributed by atoms with Crippen molar-refractivity contribution in [1.29, 1.82) is 0 Å². The van der Waals surface area contributed by atoms with Crippen molar-refractivity contribution in [3.05, 3.63) is 0 Å². The van der Waals surface area contributed by atoms with Gasteiger partial charge in [-0.05, 0) is 18.8 Å². The molecule has 5 nitrogen and oxygen atoms in total. The third-order valence-corrected chi connectivity index (χ3v) is 3.12. The van der Waals surface area contributed by atoms with Gasteiger partial charge in [0.1, 0.15) is 6.04 Å². The molecule has 5 heteroatoms. The van der Waals surface area contributed by atoms with Crippen LogP contribution in [-0.4, -0.2) is 40.6 Å². The molecule has 2 amide bonds. The first-order chi connectivity index (χ1) is 8.01. The van der Waals surface area contributed by atoms with E-state index in [2.05, 4.69) is 11.2 Å². The summed E-state index contributed by atoms with van der Waals surface area (Å²) >= 11 is 0. The highest BCUT2D eigenvalue weighted by molar-refractivity contribution is 5.83. The summed E-state index contributed by atoms with van der Waals surface area (Å²) in [5, 5.41) is 11.7. The van der Waals surface area contributed by atoms with Crippen molar-refractivity contribution in [3.63, 3.8) is 0 Å². The maximum Gasteiger partial charge on any atom is 0.326 e. The molecule has 3 unspecified atom stereocenters. The number of amides is 2. The Labute approximate surface area is 101 Å². The number of likely N-dealkylation sites (tertiary alicyclic amines) is 1. The second-order valence-corrected chi connectivity index (χ2v) is 4.32. The van der Waals surface area contributed by atoms with E-state index in [4.69, 9.17) is 11.5 Å². The summed E-state index contributed by atoms with van der Waals surface area (Å²) in [6.45, 7) is 4.17. The summed E-state index contributed by atoms with van der Waals surface area (Å²) < 4.78 is 0. The van der Waals surface area contributed by atoms with Crippen molar-refractivity contribution in [2.24, 2.45) is 5.92 Å². The standard InChI is InChI=1S/C12H18N2O3/c1-4-9(5-2)13-12(17)14-7-6-8(3)10(14)11(15)16/h1,8-10H,5-7H2,2-3H3,(H,13,17)(H,15,16). The first-order valence-corrected chi connectivity index (χ1v) is 5.77. The Morgan fingerprint density at radius 3 is 2.76 bits per heavy atom. The average molecular weight is 238 g/mol. The van der Waals surface area contributed by atoms with Crippen molar-refractivity contribution in [1.82, 2.24) is 10.2 Å². The quantitative estimate of drug-likeness (QED) is 0.718. The first-order valence-electron chi connectivity index (χ1n) is 5.77. The fraction of sp³-hybridized carbons (Fsp3) is 0.667. The maximum atomic E-state index is 11.9. The van der Waals surface area contributed by atoms with Gasteiger partial charge in [-0.25, -0.2) is 9.59 Å². The number of carboxylic acids is 1. The first kappa shape index (κ1) is 13.4. The molecule has 0 aromatic rings. The summed E-state index contributed by atoms with van der Waals surface area (Å²) in [6.07, 6.45) is 6.59. The van der Waals surface area contributed by atoms with Crippen LogP contribution in [0.2, 0.25) is 0 Å². The van der Waals surface area contributed by atoms with Gasteiger partial charge >= 0.3 is 12.0 Å². The SMILES string of the molecule is C#CC(CC)NC(=O)N1CCC(C)C1C(=O)O. The molecular formula is C12H18N2O3. The van der Waals surface area contributed by atoms with E-state index in [1.54, 1.807) is 0 Å². The average Bonchev–Trinajstić information content (AvgIpc) is 2.67. The Morgan fingerprint density at radius 1 is 1.65 bits per heavy atom. The summed E-state index contributed by atoms with van der Waals surface area (Å²) in [4.78, 5) is 24.3. The Balaban J connectivity index is 2.69. The Kier molecular flexibility index (Phi) is 4.38. The van der Waals surface area contributed by atoms with Crippen molar-refractivity contribution < 1.29 is 14.7 Å². The second-order valence-electron chi connectivity index (χ2n) is 4.32. The van der Waals surface area contributed by atoms with Crippen LogP contribution in [0.15, 0.2) is 0 Å². The zero-order chi connectivity index (χ0) is 13.0. The molecule has 0 spiro atoms. The lowest BCUT2D eigenvalue weighted by Gasteiger charge is -2.25. The molecule has 17 heavy (non-hydrogen) atoms. The minimum Gasteiger partial charge on any atom is -0.480 e. The lowest BCUT2D eigenvalue weighted by atomic mass is 10.0. The van der Waals surface area contributed by atoms with E-state index in [1.807, 2.05) is 13.8 Å². The molecule has 94 valence electrons. The van der Waals surface area contributed by atoms with Crippen molar-refractivity contribution in [3.8, 4) is 12.3 Å². The monoisotopic (exact) mass is 238 g/mol. The van der Waals surface area contributed by atoms with Gasteiger partial charge < -0.3 is 15.3 Å². The molecule has 1 heterocycles. The summed E-state index contributed by atoms with van der Waals surface area (Å²) in [6, 6.07) is -1.47. The van der Waals surface area contributed by atoms with E-state index in [9.17, 15) is 9.59 Å². The number of urea groups is 1. The summed E-state index contributed by atoms with van der Waals surface area (Å²) in [7, 11) is 0. The number of carboxylic acid groups (broad SMARTS) is 1. The van der Waals surface area contributed by atoms with Gasteiger partial charge in [0.25, 0.3) is 0 Å². The van der Waals surface area contributed by atoms with E-state index in [0.717, 1.165) is 0 Å². The molecule has 0 aromatic heterocycles. The van der Waals surface area contributed by atoms with Crippen LogP contribution in [-0.2, 0) is 4.79 Å². The maximum absolute atomic E-state index is 11.9. The number of carbonyl (C=O) groups is 2. The molecule has 2 N–H and O–H groups in total. The van der Waals surface area contributed by atoms with Gasteiger partial charge in [-0.2, -0.15) is 0 Å². The van der Waals surface area contributed by atoms with E-state index >= 15 is 0 Å². The molecule has 0 radical (unpaired) electrons. The fourth-order valence-corrected chi connectivity index (χ4v) is 2.04. The van der Waals surface area contributed by atoms with E-state index in [1.165, 1.54) is 4.90 Å². The largest absolute Gasteiger partial charge is 0.480 e. The van der Waals surface area contributed by atoms with E-state index < -0.39 is 12.0 Å². The Bertz CT molecular complexity index is 348. The highest BCUT2D eigenvalue weighted by Crippen LogP contribution is 2.24. The minimum atomic E-state index is -0.959. The van der Waals surface area contributed by atoms with Gasteiger partial charge in [0.15, 0.2) is 0 Å². The molecule has 1 fully saturated rings. The molecular weight excluding hydrogens is 220 g/mol. The van der Waals surface area contributed by atoms with E-state index in [0.29, 0.717) is 19.4 Å². The number of rotatable bonds is 3. The topological polar surface area (TPSA) is 69.6 Å². The normalized spacial score (nSPS) is 25.1. The van der Waals surface area contributed by atoms with E-state index in [-0.39, 0.29) is 18.0 Å². The van der Waals surface area contributed by atoms with Crippen LogP contribution in [0.4, 0.5) is 4.79 Å². The van der Waals surface area contributed by atoms with Crippen LogP contribution in [0.1, 0.15) is 26.7 Å². The zero-order valence-electron chi connectivity index (χ0n) is 10.1. The number of hydrogen-bond acceptors (Lipinski definition) is 2. The number of terminal acetylenes is 1. The summed E-state index contributed by atoms with van der Waals surface area (Å²) in [5.41, 5.74) is 0. The van der Waals surface area contributed by atoms with Gasteiger partial charge in [0.2, 0.25) is 0 Å². The third kappa shape index (κ3) is 2.90. The van der Waals surface area contributed by atoms with Gasteiger partial charge in [-0.1, -0.05) is 19.8 Å². The van der Waals surface area contributed by atoms with Crippen molar-refractivity contribution in [2.75, 3.05) is 6.54 Å². The van der Waals surface area contributed by atoms with Crippen LogP contribution in [0.25, 0.3) is 0 Å². The Hall–Kier alpha value is -1.70. The third-order valence-electron chi connectivity index (χ3n) is 3.12. The van der Waals surface area contributed by atoms with Crippen LogP contribution >= 0.6 is 0 Å². The lowest BCUT2D eigenvalue weighted by molar-refractivity contribution is -0.142. The minimum absolute atomic E-state index is 0.0239. The zero-order valence-corrected chi connectivity index (χ0v) is 10.1. The molecule has 0 aromatic carbocycles. The van der Waals surface area contributed by atoms with Crippen LogP contribution in [0.5, 0.6) is 0 Å². The molecule has 1 rings (SSSR count). The van der Waals surface area contributed by atoms with Gasteiger partial charge in [0.05, 0.1) is 6.04 Å². The molecule has 0 bridgehead atoms. The predicted octanol–water partition coefficient (Wildman–Crippen LogP) is 0.903. The molecule has 0 aliphatic carbocycles. The highest BCUT2D eigenvalue weighted by Gasteiger charge is 2.39. The van der Waals surface area contributed by atoms with Gasteiger partial charge in [-0.3, -0.25) is 0 Å². The Morgan fingerprint density at radius 2 is 2.29 bits per heavy atom. The van der Waals surface area contributed by atoms with Crippen LogP contribution in [0.3, 0.4) is 0 Å². The molecule has 0 saturated carbocycles. The lowest BCUT2D eigenvalue weighted by Crippen LogP contribution is -2.49. The number of nitrogens with zero attached hydrogens (tertiary/aromatic N) is 1. The van der Waals surface area contributed by atoms with Crippen molar-refractivity contribution >= 4 is 12.0 Å². The number of carbonyl (C=O) groups excluding carboxylic acids is 1. The number of hydrogen-bond donors (Lipinski definition) is 2. The number of aliphatic carboxylic acids is 1. The van der Waals surface area contributed by atoms with Gasteiger partial charge in [0, 0.05) is 6.54 Å². The molecule has 3 atom stereocenters. The smallest absolute Gasteiger partial charge is 0.326 e. The summed E-state index contributed by atoms with van der Waals surface area (Å²) in [5.74, 6) is 1.47. The van der Waals surface area contributed by atoms with Crippen molar-refractivity contribution in [2.45, 2.75) is 38.8 Å². The predicted molar refractivity (Wildman–Crippen MR) is 63.4 cm³/mol.